The van der Waals surface area contributed by atoms with Crippen molar-refractivity contribution in [3.8, 4) is 0 Å². The predicted octanol–water partition coefficient (Wildman–Crippen LogP) is 2.54. The molecule has 25 heavy (non-hydrogen) atoms. The summed E-state index contributed by atoms with van der Waals surface area (Å²) in [6.07, 6.45) is 0. The third-order valence-corrected chi connectivity index (χ3v) is 3.35. The first-order chi connectivity index (χ1) is 12.0. The Morgan fingerprint density at radius 3 is 2.44 bits per heavy atom. The lowest BCUT2D eigenvalue weighted by Crippen LogP contribution is -2.32. The van der Waals surface area contributed by atoms with Crippen molar-refractivity contribution in [3.63, 3.8) is 0 Å². The maximum atomic E-state index is 12.0. The van der Waals surface area contributed by atoms with Crippen molar-refractivity contribution in [2.45, 2.75) is 13.8 Å². The van der Waals surface area contributed by atoms with Gasteiger partial charge in [-0.15, -0.1) is 0 Å². The van der Waals surface area contributed by atoms with Crippen molar-refractivity contribution in [1.82, 2.24) is 5.32 Å². The van der Waals surface area contributed by atoms with E-state index < -0.39 is 5.97 Å². The molecule has 2 aromatic carbocycles. The molecule has 0 aromatic heterocycles. The molecule has 0 bridgehead atoms. The molecule has 2 N–H and O–H groups in total. The number of carbonyl (C=O) groups is 3. The van der Waals surface area contributed by atoms with E-state index in [0.717, 1.165) is 5.56 Å². The number of hydrogen-bond acceptors (Lipinski definition) is 4. The number of nitrogens with one attached hydrogen (secondary N) is 2. The Bertz CT molecular complexity index is 786. The molecule has 0 saturated heterocycles. The Labute approximate surface area is 146 Å². The second-order valence-electron chi connectivity index (χ2n) is 5.40. The summed E-state index contributed by atoms with van der Waals surface area (Å²) in [5.41, 5.74) is 2.27. The highest BCUT2D eigenvalue weighted by Crippen LogP contribution is 2.11. The van der Waals surface area contributed by atoms with Crippen LogP contribution >= 0.6 is 0 Å². The summed E-state index contributed by atoms with van der Waals surface area (Å²) in [7, 11) is 0. The van der Waals surface area contributed by atoms with Crippen molar-refractivity contribution in [3.05, 3.63) is 65.2 Å². The predicted molar refractivity (Wildman–Crippen MR) is 94.5 cm³/mol. The molecule has 0 atom stereocenters. The molecule has 0 aliphatic rings. The monoisotopic (exact) mass is 340 g/mol. The third kappa shape index (κ3) is 5.46. The zero-order valence-corrected chi connectivity index (χ0v) is 14.2. The van der Waals surface area contributed by atoms with Gasteiger partial charge in [-0.25, -0.2) is 4.79 Å². The summed E-state index contributed by atoms with van der Waals surface area (Å²) < 4.78 is 4.92. The van der Waals surface area contributed by atoms with E-state index in [0.29, 0.717) is 16.8 Å². The SMILES string of the molecule is CCOC(=O)c1cccc(NC(=O)CNC(=O)c2cccc(C)c2)c1. The van der Waals surface area contributed by atoms with E-state index in [1.54, 1.807) is 43.3 Å². The van der Waals surface area contributed by atoms with Crippen LogP contribution in [-0.2, 0) is 9.53 Å². The Hall–Kier alpha value is -3.15. The number of ether oxygens (including phenoxy) is 1. The van der Waals surface area contributed by atoms with Crippen LogP contribution in [0.1, 0.15) is 33.2 Å². The highest BCUT2D eigenvalue weighted by atomic mass is 16.5. The van der Waals surface area contributed by atoms with Crippen LogP contribution < -0.4 is 10.6 Å². The Balaban J connectivity index is 1.91. The van der Waals surface area contributed by atoms with E-state index in [1.165, 1.54) is 6.07 Å². The van der Waals surface area contributed by atoms with Gasteiger partial charge < -0.3 is 15.4 Å². The molecule has 0 fully saturated rings. The van der Waals surface area contributed by atoms with Crippen LogP contribution in [0.3, 0.4) is 0 Å². The van der Waals surface area contributed by atoms with Crippen molar-refractivity contribution in [2.24, 2.45) is 0 Å². The van der Waals surface area contributed by atoms with Crippen molar-refractivity contribution >= 4 is 23.5 Å². The molecular formula is C19H20N2O4. The van der Waals surface area contributed by atoms with E-state index in [-0.39, 0.29) is 25.0 Å². The van der Waals surface area contributed by atoms with E-state index in [1.807, 2.05) is 13.0 Å². The fourth-order valence-electron chi connectivity index (χ4n) is 2.19. The molecule has 2 amide bonds. The van der Waals surface area contributed by atoms with Gasteiger partial charge in [0.05, 0.1) is 18.7 Å². The van der Waals surface area contributed by atoms with Gasteiger partial charge in [0, 0.05) is 11.3 Å². The highest BCUT2D eigenvalue weighted by Gasteiger charge is 2.10. The normalized spacial score (nSPS) is 10.0. The molecule has 130 valence electrons. The number of aryl methyl sites for hydroxylation is 1. The molecule has 0 aliphatic heterocycles. The van der Waals surface area contributed by atoms with E-state index in [4.69, 9.17) is 4.74 Å². The summed E-state index contributed by atoms with van der Waals surface area (Å²) in [6.45, 7) is 3.72. The van der Waals surface area contributed by atoms with E-state index in [2.05, 4.69) is 10.6 Å². The molecule has 6 nitrogen and oxygen atoms in total. The summed E-state index contributed by atoms with van der Waals surface area (Å²) >= 11 is 0. The summed E-state index contributed by atoms with van der Waals surface area (Å²) in [5, 5.41) is 5.20. The molecule has 0 aliphatic carbocycles. The standard InChI is InChI=1S/C19H20N2O4/c1-3-25-19(24)15-8-5-9-16(11-15)21-17(22)12-20-18(23)14-7-4-6-13(2)10-14/h4-11H,3,12H2,1-2H3,(H,20,23)(H,21,22). The summed E-state index contributed by atoms with van der Waals surface area (Å²) in [6, 6.07) is 13.5. The van der Waals surface area contributed by atoms with Gasteiger partial charge in [0.1, 0.15) is 0 Å². The molecule has 0 heterocycles. The average Bonchev–Trinajstić information content (AvgIpc) is 2.60. The number of rotatable bonds is 6. The second-order valence-corrected chi connectivity index (χ2v) is 5.40. The number of hydrogen-bond donors (Lipinski definition) is 2. The van der Waals surface area contributed by atoms with E-state index in [9.17, 15) is 14.4 Å². The third-order valence-electron chi connectivity index (χ3n) is 3.35. The van der Waals surface area contributed by atoms with Gasteiger partial charge in [-0.1, -0.05) is 23.8 Å². The quantitative estimate of drug-likeness (QED) is 0.792. The molecule has 2 rings (SSSR count). The lowest BCUT2D eigenvalue weighted by molar-refractivity contribution is -0.115. The summed E-state index contributed by atoms with van der Waals surface area (Å²) in [5.74, 6) is -1.16. The van der Waals surface area contributed by atoms with Crippen LogP contribution in [0.4, 0.5) is 5.69 Å². The highest BCUT2D eigenvalue weighted by molar-refractivity contribution is 6.00. The van der Waals surface area contributed by atoms with Crippen LogP contribution in [0.15, 0.2) is 48.5 Å². The van der Waals surface area contributed by atoms with Crippen LogP contribution in [0.5, 0.6) is 0 Å². The zero-order valence-electron chi connectivity index (χ0n) is 14.2. The van der Waals surface area contributed by atoms with Crippen LogP contribution in [-0.4, -0.2) is 30.9 Å². The molecule has 0 unspecified atom stereocenters. The van der Waals surface area contributed by atoms with Gasteiger partial charge in [-0.2, -0.15) is 0 Å². The molecule has 0 saturated carbocycles. The van der Waals surface area contributed by atoms with Gasteiger partial charge in [0.15, 0.2) is 0 Å². The smallest absolute Gasteiger partial charge is 0.338 e. The number of amides is 2. The number of anilines is 1. The van der Waals surface area contributed by atoms with Crippen molar-refractivity contribution in [1.29, 1.82) is 0 Å². The van der Waals surface area contributed by atoms with Crippen LogP contribution in [0.25, 0.3) is 0 Å². The van der Waals surface area contributed by atoms with Gasteiger partial charge in [-0.3, -0.25) is 9.59 Å². The minimum absolute atomic E-state index is 0.170. The minimum Gasteiger partial charge on any atom is -0.462 e. The average molecular weight is 340 g/mol. The summed E-state index contributed by atoms with van der Waals surface area (Å²) in [4.78, 5) is 35.7. The molecule has 0 radical (unpaired) electrons. The lowest BCUT2D eigenvalue weighted by atomic mass is 10.1. The van der Waals surface area contributed by atoms with E-state index >= 15 is 0 Å². The van der Waals surface area contributed by atoms with Crippen molar-refractivity contribution in [2.75, 3.05) is 18.5 Å². The first-order valence-electron chi connectivity index (χ1n) is 7.91. The van der Waals surface area contributed by atoms with Crippen molar-refractivity contribution < 1.29 is 19.1 Å². The lowest BCUT2D eigenvalue weighted by Gasteiger charge is -2.09. The first-order valence-corrected chi connectivity index (χ1v) is 7.91. The zero-order chi connectivity index (χ0) is 18.2. The largest absolute Gasteiger partial charge is 0.462 e. The maximum absolute atomic E-state index is 12.0. The fraction of sp³-hybridized carbons (Fsp3) is 0.211. The molecule has 2 aromatic rings. The topological polar surface area (TPSA) is 84.5 Å². The Morgan fingerprint density at radius 1 is 1.00 bits per heavy atom. The minimum atomic E-state index is -0.452. The molecular weight excluding hydrogens is 320 g/mol. The van der Waals surface area contributed by atoms with Gasteiger partial charge >= 0.3 is 5.97 Å². The van der Waals surface area contributed by atoms with Gasteiger partial charge in [-0.05, 0) is 44.2 Å². The first kappa shape index (κ1) is 18.2. The fourth-order valence-corrected chi connectivity index (χ4v) is 2.19. The maximum Gasteiger partial charge on any atom is 0.338 e. The molecule has 0 spiro atoms. The van der Waals surface area contributed by atoms with Gasteiger partial charge in [0.2, 0.25) is 5.91 Å². The number of esters is 1. The molecule has 6 heteroatoms. The second kappa shape index (κ2) is 8.63. The Kier molecular flexibility index (Phi) is 6.28. The van der Waals surface area contributed by atoms with Gasteiger partial charge in [0.25, 0.3) is 5.91 Å². The van der Waals surface area contributed by atoms with Crippen LogP contribution in [0.2, 0.25) is 0 Å². The van der Waals surface area contributed by atoms with Crippen LogP contribution in [0, 0.1) is 6.92 Å². The number of benzene rings is 2. The number of carbonyl (C=O) groups excluding carboxylic acids is 3. The Morgan fingerprint density at radius 2 is 1.72 bits per heavy atom.